The van der Waals surface area contributed by atoms with Gasteiger partial charge in [-0.1, -0.05) is 18.5 Å². The fourth-order valence-electron chi connectivity index (χ4n) is 1.45. The zero-order valence-corrected chi connectivity index (χ0v) is 8.25. The summed E-state index contributed by atoms with van der Waals surface area (Å²) in [6.45, 7) is 2.14. The summed E-state index contributed by atoms with van der Waals surface area (Å²) < 4.78 is 2.05. The number of hydrogen-bond acceptors (Lipinski definition) is 1. The predicted molar refractivity (Wildman–Crippen MR) is 54.2 cm³/mol. The normalized spacial score (nSPS) is 10.9. The standard InChI is InChI=1S/C10H11ClN2/c1-2-4-10-12-7-9-8(11)5-3-6-13(9)10/h3,5-7H,2,4H2,1H3. The fourth-order valence-corrected chi connectivity index (χ4v) is 1.66. The Morgan fingerprint density at radius 2 is 2.38 bits per heavy atom. The van der Waals surface area contributed by atoms with Crippen LogP contribution >= 0.6 is 11.6 Å². The Labute approximate surface area is 82.2 Å². The molecule has 0 fully saturated rings. The molecule has 0 unspecified atom stereocenters. The van der Waals surface area contributed by atoms with Gasteiger partial charge in [0.15, 0.2) is 0 Å². The topological polar surface area (TPSA) is 17.3 Å². The van der Waals surface area contributed by atoms with E-state index in [1.54, 1.807) is 0 Å². The van der Waals surface area contributed by atoms with Crippen molar-refractivity contribution in [1.29, 1.82) is 0 Å². The van der Waals surface area contributed by atoms with Crippen LogP contribution in [0.1, 0.15) is 19.2 Å². The van der Waals surface area contributed by atoms with Gasteiger partial charge < -0.3 is 4.40 Å². The molecule has 13 heavy (non-hydrogen) atoms. The third kappa shape index (κ3) is 1.42. The van der Waals surface area contributed by atoms with Crippen molar-refractivity contribution >= 4 is 17.1 Å². The zero-order valence-electron chi connectivity index (χ0n) is 7.50. The van der Waals surface area contributed by atoms with E-state index in [-0.39, 0.29) is 0 Å². The molecule has 0 saturated heterocycles. The molecule has 0 radical (unpaired) electrons. The summed E-state index contributed by atoms with van der Waals surface area (Å²) in [4.78, 5) is 4.32. The van der Waals surface area contributed by atoms with Crippen LogP contribution in [0.3, 0.4) is 0 Å². The number of aryl methyl sites for hydroxylation is 1. The second-order valence-electron chi connectivity index (χ2n) is 3.04. The number of hydrogen-bond donors (Lipinski definition) is 0. The largest absolute Gasteiger partial charge is 0.302 e. The maximum absolute atomic E-state index is 6.01. The van der Waals surface area contributed by atoms with Crippen molar-refractivity contribution in [2.24, 2.45) is 0 Å². The van der Waals surface area contributed by atoms with Gasteiger partial charge in [0, 0.05) is 12.6 Å². The molecule has 68 valence electrons. The highest BCUT2D eigenvalue weighted by molar-refractivity contribution is 6.33. The lowest BCUT2D eigenvalue weighted by Gasteiger charge is -1.99. The second kappa shape index (κ2) is 3.38. The molecule has 0 saturated carbocycles. The van der Waals surface area contributed by atoms with Gasteiger partial charge in [-0.2, -0.15) is 0 Å². The summed E-state index contributed by atoms with van der Waals surface area (Å²) in [6, 6.07) is 3.82. The summed E-state index contributed by atoms with van der Waals surface area (Å²) >= 11 is 6.01. The number of aromatic nitrogens is 2. The predicted octanol–water partition coefficient (Wildman–Crippen LogP) is 2.94. The molecular weight excluding hydrogens is 184 g/mol. The number of halogens is 1. The lowest BCUT2D eigenvalue weighted by molar-refractivity contribution is 0.831. The quantitative estimate of drug-likeness (QED) is 0.719. The molecule has 2 nitrogen and oxygen atoms in total. The highest BCUT2D eigenvalue weighted by Crippen LogP contribution is 2.18. The number of fused-ring (bicyclic) bond motifs is 1. The van der Waals surface area contributed by atoms with Gasteiger partial charge in [0.2, 0.25) is 0 Å². The van der Waals surface area contributed by atoms with Gasteiger partial charge in [0.05, 0.1) is 16.7 Å². The van der Waals surface area contributed by atoms with Crippen LogP contribution in [0, 0.1) is 0 Å². The third-order valence-electron chi connectivity index (χ3n) is 2.07. The monoisotopic (exact) mass is 194 g/mol. The van der Waals surface area contributed by atoms with Crippen molar-refractivity contribution in [2.75, 3.05) is 0 Å². The Balaban J connectivity index is 2.61. The first-order chi connectivity index (χ1) is 6.33. The van der Waals surface area contributed by atoms with Gasteiger partial charge in [0.1, 0.15) is 5.82 Å². The molecular formula is C10H11ClN2. The Morgan fingerprint density at radius 1 is 1.54 bits per heavy atom. The minimum absolute atomic E-state index is 0.761. The van der Waals surface area contributed by atoms with Crippen LogP contribution in [0.25, 0.3) is 5.52 Å². The molecule has 0 amide bonds. The molecule has 0 aliphatic carbocycles. The van der Waals surface area contributed by atoms with E-state index in [0.29, 0.717) is 0 Å². The highest BCUT2D eigenvalue weighted by atomic mass is 35.5. The first-order valence-electron chi connectivity index (χ1n) is 4.43. The molecule has 2 rings (SSSR count). The molecule has 0 bridgehead atoms. The Morgan fingerprint density at radius 3 is 3.15 bits per heavy atom. The van der Waals surface area contributed by atoms with Gasteiger partial charge in [-0.3, -0.25) is 0 Å². The van der Waals surface area contributed by atoms with E-state index in [9.17, 15) is 0 Å². The van der Waals surface area contributed by atoms with Crippen molar-refractivity contribution in [2.45, 2.75) is 19.8 Å². The van der Waals surface area contributed by atoms with Gasteiger partial charge in [0.25, 0.3) is 0 Å². The molecule has 2 aromatic heterocycles. The average molecular weight is 195 g/mol. The van der Waals surface area contributed by atoms with Gasteiger partial charge in [-0.25, -0.2) is 4.98 Å². The van der Waals surface area contributed by atoms with Crippen molar-refractivity contribution in [3.05, 3.63) is 35.4 Å². The lowest BCUT2D eigenvalue weighted by Crippen LogP contribution is -1.93. The van der Waals surface area contributed by atoms with Crippen molar-refractivity contribution in [3.63, 3.8) is 0 Å². The van der Waals surface area contributed by atoms with Crippen molar-refractivity contribution in [3.8, 4) is 0 Å². The highest BCUT2D eigenvalue weighted by Gasteiger charge is 2.03. The molecule has 2 heterocycles. The average Bonchev–Trinajstić information content (AvgIpc) is 2.51. The summed E-state index contributed by atoms with van der Waals surface area (Å²) in [6.07, 6.45) is 5.92. The molecule has 0 aromatic carbocycles. The first-order valence-corrected chi connectivity index (χ1v) is 4.81. The molecule has 3 heteroatoms. The van der Waals surface area contributed by atoms with Crippen LogP contribution in [0.4, 0.5) is 0 Å². The number of rotatable bonds is 2. The minimum atomic E-state index is 0.761. The van der Waals surface area contributed by atoms with E-state index in [0.717, 1.165) is 29.2 Å². The lowest BCUT2D eigenvalue weighted by atomic mass is 10.3. The second-order valence-corrected chi connectivity index (χ2v) is 3.44. The molecule has 0 aliphatic heterocycles. The maximum Gasteiger partial charge on any atom is 0.113 e. The fraction of sp³-hybridized carbons (Fsp3) is 0.300. The first kappa shape index (κ1) is 8.57. The van der Waals surface area contributed by atoms with Crippen LogP contribution in [0.15, 0.2) is 24.5 Å². The summed E-state index contributed by atoms with van der Waals surface area (Å²) in [5, 5.41) is 0.761. The SMILES string of the molecule is CCCc1ncc2c(Cl)cccn12. The number of pyridine rings is 1. The van der Waals surface area contributed by atoms with Crippen LogP contribution < -0.4 is 0 Å². The number of imidazole rings is 1. The van der Waals surface area contributed by atoms with Gasteiger partial charge in [-0.15, -0.1) is 0 Å². The molecule has 0 aliphatic rings. The Bertz CT molecular complexity index is 420. The number of nitrogens with zero attached hydrogens (tertiary/aromatic N) is 2. The Kier molecular flexibility index (Phi) is 2.23. The minimum Gasteiger partial charge on any atom is -0.302 e. The molecule has 0 N–H and O–H groups in total. The summed E-state index contributed by atoms with van der Waals surface area (Å²) in [7, 11) is 0. The third-order valence-corrected chi connectivity index (χ3v) is 2.39. The van der Waals surface area contributed by atoms with E-state index in [1.807, 2.05) is 28.9 Å². The van der Waals surface area contributed by atoms with Crippen molar-refractivity contribution in [1.82, 2.24) is 9.38 Å². The van der Waals surface area contributed by atoms with Crippen LogP contribution in [0.5, 0.6) is 0 Å². The van der Waals surface area contributed by atoms with Crippen LogP contribution in [0.2, 0.25) is 5.02 Å². The molecule has 0 spiro atoms. The smallest absolute Gasteiger partial charge is 0.113 e. The van der Waals surface area contributed by atoms with E-state index in [2.05, 4.69) is 11.9 Å². The maximum atomic E-state index is 6.01. The molecule has 0 atom stereocenters. The van der Waals surface area contributed by atoms with Crippen molar-refractivity contribution < 1.29 is 0 Å². The zero-order chi connectivity index (χ0) is 9.26. The summed E-state index contributed by atoms with van der Waals surface area (Å²) in [5.74, 6) is 1.08. The van der Waals surface area contributed by atoms with E-state index in [4.69, 9.17) is 11.6 Å². The Hall–Kier alpha value is -1.02. The molecule has 2 aromatic rings. The summed E-state index contributed by atoms with van der Waals surface area (Å²) in [5.41, 5.74) is 0.993. The van der Waals surface area contributed by atoms with Gasteiger partial charge in [-0.05, 0) is 18.6 Å². The van der Waals surface area contributed by atoms with Crippen LogP contribution in [-0.2, 0) is 6.42 Å². The van der Waals surface area contributed by atoms with Gasteiger partial charge >= 0.3 is 0 Å². The van der Waals surface area contributed by atoms with Crippen LogP contribution in [-0.4, -0.2) is 9.38 Å². The van der Waals surface area contributed by atoms with E-state index in [1.165, 1.54) is 0 Å². The van der Waals surface area contributed by atoms with E-state index >= 15 is 0 Å². The van der Waals surface area contributed by atoms with E-state index < -0.39 is 0 Å².